The largest absolute Gasteiger partial charge is 0.370 e. The number of carbonyl (C=O) groups is 1. The van der Waals surface area contributed by atoms with Crippen molar-refractivity contribution in [3.63, 3.8) is 0 Å². The summed E-state index contributed by atoms with van der Waals surface area (Å²) in [5, 5.41) is 11.2. The molecule has 2 saturated heterocycles. The Labute approximate surface area is 150 Å². The minimum absolute atomic E-state index is 0.0310. The Balaban J connectivity index is 1.35. The molecule has 2 fully saturated rings. The number of nitrogens with one attached hydrogen (secondary N) is 2. The number of tetrazole rings is 1. The van der Waals surface area contributed by atoms with Gasteiger partial charge in [0, 0.05) is 25.8 Å². The van der Waals surface area contributed by atoms with Crippen LogP contribution in [0.1, 0.15) is 24.7 Å². The van der Waals surface area contributed by atoms with Gasteiger partial charge in [0.15, 0.2) is 0 Å². The maximum absolute atomic E-state index is 13.0. The number of nitrogens with zero attached hydrogens (tertiary/aromatic N) is 6. The highest BCUT2D eigenvalue weighted by molar-refractivity contribution is 5.80. The number of aromatic nitrogens is 5. The molecule has 10 heteroatoms. The van der Waals surface area contributed by atoms with Crippen LogP contribution in [0, 0.1) is 5.92 Å². The van der Waals surface area contributed by atoms with Gasteiger partial charge in [-0.25, -0.2) is 10.1 Å². The Morgan fingerprint density at radius 1 is 1.38 bits per heavy atom. The van der Waals surface area contributed by atoms with Crippen molar-refractivity contribution in [2.75, 3.05) is 19.6 Å². The van der Waals surface area contributed by atoms with Crippen molar-refractivity contribution < 1.29 is 9.53 Å². The summed E-state index contributed by atoms with van der Waals surface area (Å²) in [5.41, 5.74) is 7.01. The van der Waals surface area contributed by atoms with E-state index in [0.29, 0.717) is 19.7 Å². The Hall–Kier alpha value is -2.43. The molecule has 2 aromatic heterocycles. The fraction of sp³-hybridized carbons (Fsp3) is 0.562. The van der Waals surface area contributed by atoms with Crippen LogP contribution in [0.5, 0.6) is 0 Å². The summed E-state index contributed by atoms with van der Waals surface area (Å²) in [6.45, 7) is 2.36. The number of amides is 1. The molecule has 2 aliphatic heterocycles. The average molecular weight is 358 g/mol. The average Bonchev–Trinajstić information content (AvgIpc) is 3.38. The first-order valence-corrected chi connectivity index (χ1v) is 8.82. The molecule has 4 rings (SSSR count). The highest BCUT2D eigenvalue weighted by Crippen LogP contribution is 2.23. The lowest BCUT2D eigenvalue weighted by Crippen LogP contribution is -2.47. The highest BCUT2D eigenvalue weighted by atomic mass is 16.5. The molecule has 26 heavy (non-hydrogen) atoms. The summed E-state index contributed by atoms with van der Waals surface area (Å²) < 4.78 is 7.56. The first-order valence-electron chi connectivity index (χ1n) is 8.82. The second kappa shape index (κ2) is 7.85. The molecule has 0 radical (unpaired) electrons. The van der Waals surface area contributed by atoms with E-state index in [1.807, 2.05) is 23.1 Å². The number of ether oxygens (including phenoxy) is 1. The second-order valence-corrected chi connectivity index (χ2v) is 6.55. The van der Waals surface area contributed by atoms with Crippen LogP contribution >= 0.6 is 0 Å². The Bertz CT molecular complexity index is 710. The van der Waals surface area contributed by atoms with Crippen LogP contribution in [-0.4, -0.2) is 61.7 Å². The highest BCUT2D eigenvalue weighted by Gasteiger charge is 2.38. The molecule has 0 aromatic carbocycles. The van der Waals surface area contributed by atoms with Gasteiger partial charge in [-0.05, 0) is 35.4 Å². The van der Waals surface area contributed by atoms with Gasteiger partial charge in [0.05, 0.1) is 24.3 Å². The zero-order chi connectivity index (χ0) is 17.8. The van der Waals surface area contributed by atoms with Gasteiger partial charge in [0.25, 0.3) is 0 Å². The number of hydrazine groups is 1. The van der Waals surface area contributed by atoms with Crippen LogP contribution in [0.4, 0.5) is 0 Å². The molecule has 4 heterocycles. The molecule has 2 aliphatic rings. The molecular formula is C16H22N8O2. The van der Waals surface area contributed by atoms with Crippen molar-refractivity contribution in [3.05, 3.63) is 36.4 Å². The van der Waals surface area contributed by atoms with Gasteiger partial charge in [-0.2, -0.15) is 0 Å². The van der Waals surface area contributed by atoms with Crippen LogP contribution < -0.4 is 10.9 Å². The van der Waals surface area contributed by atoms with Crippen LogP contribution in [-0.2, 0) is 16.1 Å². The number of hydrogen-bond acceptors (Lipinski definition) is 8. The smallest absolute Gasteiger partial charge is 0.230 e. The fourth-order valence-electron chi connectivity index (χ4n) is 3.45. The Morgan fingerprint density at radius 3 is 3.15 bits per heavy atom. The summed E-state index contributed by atoms with van der Waals surface area (Å²) in [6, 6.07) is 5.77. The van der Waals surface area contributed by atoms with E-state index in [1.165, 1.54) is 6.33 Å². The van der Waals surface area contributed by atoms with Gasteiger partial charge in [-0.15, -0.1) is 5.10 Å². The lowest BCUT2D eigenvalue weighted by molar-refractivity contribution is -0.140. The zero-order valence-corrected chi connectivity index (χ0v) is 14.4. The third-order valence-electron chi connectivity index (χ3n) is 4.80. The van der Waals surface area contributed by atoms with Crippen LogP contribution in [0.15, 0.2) is 30.7 Å². The van der Waals surface area contributed by atoms with Crippen LogP contribution in [0.3, 0.4) is 0 Å². The lowest BCUT2D eigenvalue weighted by Gasteiger charge is -2.34. The zero-order valence-electron chi connectivity index (χ0n) is 14.4. The van der Waals surface area contributed by atoms with Crippen LogP contribution in [0.2, 0.25) is 0 Å². The van der Waals surface area contributed by atoms with E-state index in [0.717, 1.165) is 25.1 Å². The summed E-state index contributed by atoms with van der Waals surface area (Å²) in [7, 11) is 0. The summed E-state index contributed by atoms with van der Waals surface area (Å²) in [5.74, 6) is -0.165. The molecule has 0 saturated carbocycles. The van der Waals surface area contributed by atoms with E-state index in [1.54, 1.807) is 10.9 Å². The maximum atomic E-state index is 13.0. The van der Waals surface area contributed by atoms with Crippen molar-refractivity contribution in [2.45, 2.75) is 31.7 Å². The lowest BCUT2D eigenvalue weighted by atomic mass is 10.0. The van der Waals surface area contributed by atoms with Gasteiger partial charge in [-0.1, -0.05) is 6.07 Å². The van der Waals surface area contributed by atoms with Crippen molar-refractivity contribution in [3.8, 4) is 0 Å². The summed E-state index contributed by atoms with van der Waals surface area (Å²) in [4.78, 5) is 19.2. The molecule has 138 valence electrons. The van der Waals surface area contributed by atoms with Crippen molar-refractivity contribution in [2.24, 2.45) is 5.92 Å². The van der Waals surface area contributed by atoms with Crippen molar-refractivity contribution in [1.29, 1.82) is 0 Å². The normalized spacial score (nSPS) is 26.2. The molecule has 2 aromatic rings. The number of likely N-dealkylation sites (tertiary alicyclic amines) is 1. The molecular weight excluding hydrogens is 336 g/mol. The van der Waals surface area contributed by atoms with E-state index in [4.69, 9.17) is 4.74 Å². The SMILES string of the molecule is O=C(C1CNNC1n1cnnn1)N1CCCC(OCc2ccccn2)C1. The monoisotopic (exact) mass is 358 g/mol. The predicted molar refractivity (Wildman–Crippen MR) is 90.1 cm³/mol. The third-order valence-corrected chi connectivity index (χ3v) is 4.80. The van der Waals surface area contributed by atoms with Crippen molar-refractivity contribution >= 4 is 5.91 Å². The number of hydrogen-bond donors (Lipinski definition) is 2. The molecule has 3 unspecified atom stereocenters. The van der Waals surface area contributed by atoms with E-state index in [2.05, 4.69) is 31.4 Å². The predicted octanol–water partition coefficient (Wildman–Crippen LogP) is -0.501. The molecule has 1 amide bonds. The number of carbonyl (C=O) groups excluding carboxylic acids is 1. The number of pyridine rings is 1. The molecule has 2 N–H and O–H groups in total. The fourth-order valence-corrected chi connectivity index (χ4v) is 3.45. The first kappa shape index (κ1) is 17.0. The number of piperidine rings is 1. The van der Waals surface area contributed by atoms with Crippen LogP contribution in [0.25, 0.3) is 0 Å². The van der Waals surface area contributed by atoms with Gasteiger partial charge in [0.2, 0.25) is 5.91 Å². The minimum atomic E-state index is -0.285. The van der Waals surface area contributed by atoms with E-state index in [9.17, 15) is 4.79 Å². The summed E-state index contributed by atoms with van der Waals surface area (Å²) in [6.07, 6.45) is 4.90. The van der Waals surface area contributed by atoms with Gasteiger partial charge >= 0.3 is 0 Å². The van der Waals surface area contributed by atoms with Gasteiger partial charge < -0.3 is 9.64 Å². The molecule has 10 nitrogen and oxygen atoms in total. The standard InChI is InChI=1S/C16H22N8O2/c25-16(14-8-18-20-15(14)24-11-19-21-22-24)23-7-3-5-13(9-23)26-10-12-4-1-2-6-17-12/h1-2,4,6,11,13-15,18,20H,3,5,7-10H2. The Kier molecular flexibility index (Phi) is 5.14. The Morgan fingerprint density at radius 2 is 2.35 bits per heavy atom. The maximum Gasteiger partial charge on any atom is 0.230 e. The van der Waals surface area contributed by atoms with Gasteiger partial charge in [0.1, 0.15) is 12.5 Å². The topological polar surface area (TPSA) is 110 Å². The molecule has 3 atom stereocenters. The quantitative estimate of drug-likeness (QED) is 0.736. The van der Waals surface area contributed by atoms with E-state index < -0.39 is 0 Å². The molecule has 0 bridgehead atoms. The summed E-state index contributed by atoms with van der Waals surface area (Å²) >= 11 is 0. The van der Waals surface area contributed by atoms with Gasteiger partial charge in [-0.3, -0.25) is 15.2 Å². The van der Waals surface area contributed by atoms with E-state index in [-0.39, 0.29) is 24.1 Å². The van der Waals surface area contributed by atoms with E-state index >= 15 is 0 Å². The second-order valence-electron chi connectivity index (χ2n) is 6.55. The number of rotatable bonds is 5. The third kappa shape index (κ3) is 3.71. The van der Waals surface area contributed by atoms with Crippen molar-refractivity contribution in [1.82, 2.24) is 40.9 Å². The molecule has 0 spiro atoms. The minimum Gasteiger partial charge on any atom is -0.370 e. The molecule has 0 aliphatic carbocycles. The first-order chi connectivity index (χ1) is 12.8.